The molecule has 0 aliphatic carbocycles. The lowest BCUT2D eigenvalue weighted by Crippen LogP contribution is -2.05. The molecule has 0 amide bonds. The van der Waals surface area contributed by atoms with E-state index in [0.717, 1.165) is 0 Å². The molecule has 15 heteroatoms. The maximum Gasteiger partial charge on any atom is 0.503 e. The Bertz CT molecular complexity index is 375. The Kier molecular flexibility index (Phi) is 13.5. The molecular formula is C6H12N6O9. The number of hydrogen-bond acceptors (Lipinski definition) is 9. The summed E-state index contributed by atoms with van der Waals surface area (Å²) in [5.41, 5.74) is 15.4. The van der Waals surface area contributed by atoms with Gasteiger partial charge in [0, 0.05) is 0 Å². The number of carboxylic acid groups (broad SMARTS) is 6. The van der Waals surface area contributed by atoms with Crippen LogP contribution in [0, 0.1) is 0 Å². The molecule has 0 saturated heterocycles. The van der Waals surface area contributed by atoms with Crippen LogP contribution >= 0.6 is 0 Å². The molecule has 1 heterocycles. The first-order valence-corrected chi connectivity index (χ1v) is 4.16. The van der Waals surface area contributed by atoms with E-state index in [0.29, 0.717) is 0 Å². The summed E-state index contributed by atoms with van der Waals surface area (Å²) < 4.78 is 0. The van der Waals surface area contributed by atoms with Gasteiger partial charge < -0.3 is 47.8 Å². The van der Waals surface area contributed by atoms with Crippen molar-refractivity contribution in [1.82, 2.24) is 15.0 Å². The lowest BCUT2D eigenvalue weighted by molar-refractivity contribution is 0.135. The number of carbonyl (C=O) groups is 3. The highest BCUT2D eigenvalue weighted by Crippen LogP contribution is 1.97. The molecule has 0 aliphatic rings. The van der Waals surface area contributed by atoms with Gasteiger partial charge in [0.1, 0.15) is 0 Å². The number of hydrogen-bond donors (Lipinski definition) is 9. The number of aromatic nitrogens is 3. The highest BCUT2D eigenvalue weighted by atomic mass is 16.6. The third-order valence-corrected chi connectivity index (χ3v) is 0.687. The minimum absolute atomic E-state index is 0.0417. The Hall–Kier alpha value is -3.78. The maximum absolute atomic E-state index is 8.56. The second kappa shape index (κ2) is 12.7. The van der Waals surface area contributed by atoms with Crippen LogP contribution in [0.3, 0.4) is 0 Å². The molecule has 120 valence electrons. The Morgan fingerprint density at radius 2 is 0.667 bits per heavy atom. The molecule has 0 radical (unpaired) electrons. The fourth-order valence-corrected chi connectivity index (χ4v) is 0.427. The zero-order chi connectivity index (χ0) is 17.6. The summed E-state index contributed by atoms with van der Waals surface area (Å²) in [6, 6.07) is 0. The van der Waals surface area contributed by atoms with E-state index >= 15 is 0 Å². The highest BCUT2D eigenvalue weighted by molar-refractivity contribution is 5.53. The third kappa shape index (κ3) is 48.5. The Balaban J connectivity index is -0.000000230. The number of rotatable bonds is 0. The number of nitrogens with two attached hydrogens (primary N) is 3. The standard InChI is InChI=1S/C3H6N6.3CH2O3/c4-1-7-2(5)9-3(6)8-1;3*2-1(3)4/h(H6,4,5,6,7,8,9);3*(H2,2,3,4). The summed E-state index contributed by atoms with van der Waals surface area (Å²) in [5, 5.41) is 41.8. The van der Waals surface area contributed by atoms with Crippen LogP contribution in [0.5, 0.6) is 0 Å². The number of anilines is 3. The summed E-state index contributed by atoms with van der Waals surface area (Å²) in [4.78, 5) is 36.1. The molecule has 0 fully saturated rings. The second-order valence-electron chi connectivity index (χ2n) is 2.26. The van der Waals surface area contributed by atoms with E-state index in [4.69, 9.17) is 62.2 Å². The smallest absolute Gasteiger partial charge is 0.450 e. The average Bonchev–Trinajstić information content (AvgIpc) is 2.10. The van der Waals surface area contributed by atoms with Crippen molar-refractivity contribution in [3.63, 3.8) is 0 Å². The Labute approximate surface area is 114 Å². The minimum Gasteiger partial charge on any atom is -0.450 e. The molecule has 0 aromatic carbocycles. The monoisotopic (exact) mass is 312 g/mol. The molecule has 0 saturated carbocycles. The van der Waals surface area contributed by atoms with E-state index in [1.165, 1.54) is 0 Å². The number of nitrogen functional groups attached to an aromatic ring is 3. The predicted octanol–water partition coefficient (Wildman–Crippen LogP) is -0.715. The molecule has 0 bridgehead atoms. The lowest BCUT2D eigenvalue weighted by atomic mass is 10.9. The molecule has 1 aromatic heterocycles. The highest BCUT2D eigenvalue weighted by Gasteiger charge is 1.93. The normalized spacial score (nSPS) is 7.43. The van der Waals surface area contributed by atoms with E-state index in [-0.39, 0.29) is 17.8 Å². The van der Waals surface area contributed by atoms with Gasteiger partial charge >= 0.3 is 18.5 Å². The van der Waals surface area contributed by atoms with Gasteiger partial charge in [0.15, 0.2) is 0 Å². The molecule has 0 atom stereocenters. The van der Waals surface area contributed by atoms with Crippen LogP contribution in [-0.4, -0.2) is 64.1 Å². The molecular weight excluding hydrogens is 300 g/mol. The molecule has 21 heavy (non-hydrogen) atoms. The van der Waals surface area contributed by atoms with Crippen LogP contribution in [0.25, 0.3) is 0 Å². The Morgan fingerprint density at radius 3 is 0.762 bits per heavy atom. The zero-order valence-corrected chi connectivity index (χ0v) is 9.98. The van der Waals surface area contributed by atoms with Gasteiger partial charge in [0.05, 0.1) is 0 Å². The first kappa shape index (κ1) is 22.4. The molecule has 0 spiro atoms. The first-order chi connectivity index (χ1) is 9.38. The van der Waals surface area contributed by atoms with Crippen molar-refractivity contribution in [1.29, 1.82) is 0 Å². The van der Waals surface area contributed by atoms with Crippen LogP contribution < -0.4 is 17.2 Å². The van der Waals surface area contributed by atoms with Crippen LogP contribution in [0.15, 0.2) is 0 Å². The zero-order valence-electron chi connectivity index (χ0n) is 9.98. The average molecular weight is 312 g/mol. The molecule has 0 unspecified atom stereocenters. The minimum atomic E-state index is -1.83. The summed E-state index contributed by atoms with van der Waals surface area (Å²) >= 11 is 0. The molecule has 1 aromatic rings. The number of nitrogens with zero attached hydrogens (tertiary/aromatic N) is 3. The van der Waals surface area contributed by atoms with Gasteiger partial charge in [-0.25, -0.2) is 14.4 Å². The summed E-state index contributed by atoms with van der Waals surface area (Å²) in [6.45, 7) is 0. The van der Waals surface area contributed by atoms with Crippen molar-refractivity contribution in [2.75, 3.05) is 17.2 Å². The van der Waals surface area contributed by atoms with Gasteiger partial charge in [-0.3, -0.25) is 0 Å². The van der Waals surface area contributed by atoms with Crippen molar-refractivity contribution < 1.29 is 45.0 Å². The van der Waals surface area contributed by atoms with Gasteiger partial charge in [0.25, 0.3) is 0 Å². The summed E-state index contributed by atoms with van der Waals surface area (Å²) in [5.74, 6) is 0.125. The van der Waals surface area contributed by atoms with E-state index in [9.17, 15) is 0 Å². The van der Waals surface area contributed by atoms with E-state index in [1.54, 1.807) is 0 Å². The van der Waals surface area contributed by atoms with Crippen LogP contribution in [0.1, 0.15) is 0 Å². The van der Waals surface area contributed by atoms with Gasteiger partial charge in [0.2, 0.25) is 17.8 Å². The molecule has 1 rings (SSSR count). The van der Waals surface area contributed by atoms with Crippen LogP contribution in [-0.2, 0) is 0 Å². The van der Waals surface area contributed by atoms with Crippen molar-refractivity contribution in [3.05, 3.63) is 0 Å². The van der Waals surface area contributed by atoms with E-state index in [2.05, 4.69) is 15.0 Å². The van der Waals surface area contributed by atoms with Crippen molar-refractivity contribution in [2.45, 2.75) is 0 Å². The maximum atomic E-state index is 8.56. The SMILES string of the molecule is Nc1nc(N)nc(N)n1.O=C(O)O.O=C(O)O.O=C(O)O. The molecule has 12 N–H and O–H groups in total. The van der Waals surface area contributed by atoms with E-state index in [1.807, 2.05) is 0 Å². The van der Waals surface area contributed by atoms with Crippen molar-refractivity contribution in [3.8, 4) is 0 Å². The lowest BCUT2D eigenvalue weighted by Gasteiger charge is -1.93. The topological polar surface area (TPSA) is 289 Å². The summed E-state index contributed by atoms with van der Waals surface area (Å²) in [7, 11) is 0. The largest absolute Gasteiger partial charge is 0.503 e. The van der Waals surface area contributed by atoms with Gasteiger partial charge in [-0.05, 0) is 0 Å². The quantitative estimate of drug-likeness (QED) is 0.285. The van der Waals surface area contributed by atoms with Gasteiger partial charge in [-0.15, -0.1) is 0 Å². The summed E-state index contributed by atoms with van der Waals surface area (Å²) in [6.07, 6.45) is -5.50. The Morgan fingerprint density at radius 1 is 0.571 bits per heavy atom. The predicted molar refractivity (Wildman–Crippen MR) is 65.0 cm³/mol. The van der Waals surface area contributed by atoms with Crippen molar-refractivity contribution in [2.24, 2.45) is 0 Å². The van der Waals surface area contributed by atoms with Crippen LogP contribution in [0.4, 0.5) is 32.2 Å². The van der Waals surface area contributed by atoms with Crippen LogP contribution in [0.2, 0.25) is 0 Å². The fraction of sp³-hybridized carbons (Fsp3) is 0. The fourth-order valence-electron chi connectivity index (χ4n) is 0.427. The second-order valence-corrected chi connectivity index (χ2v) is 2.26. The molecule has 0 aliphatic heterocycles. The van der Waals surface area contributed by atoms with Gasteiger partial charge in [-0.2, -0.15) is 15.0 Å². The van der Waals surface area contributed by atoms with Gasteiger partial charge in [-0.1, -0.05) is 0 Å². The van der Waals surface area contributed by atoms with Crippen molar-refractivity contribution >= 4 is 36.3 Å². The third-order valence-electron chi connectivity index (χ3n) is 0.687. The molecule has 15 nitrogen and oxygen atoms in total. The first-order valence-electron chi connectivity index (χ1n) is 4.16. The van der Waals surface area contributed by atoms with E-state index < -0.39 is 18.5 Å².